The maximum absolute atomic E-state index is 12.2. The highest BCUT2D eigenvalue weighted by Gasteiger charge is 2.20. The molecule has 2 aromatic heterocycles. The molecule has 2 aromatic rings. The van der Waals surface area contributed by atoms with Gasteiger partial charge in [-0.1, -0.05) is 13.8 Å². The van der Waals surface area contributed by atoms with Gasteiger partial charge in [-0.15, -0.1) is 0 Å². The standard InChI is InChI=1S/C19H28N4O2/c1-6-23(7-2)17(18-9-8-12-25-18)13-20-19(24)11-10-16-14(3)21-22(5)15(16)4/h8-12,17H,6-7,13H2,1-5H3,(H,20,24)/b11-10-/t17-/m1/s1. The van der Waals surface area contributed by atoms with Crippen LogP contribution in [0.5, 0.6) is 0 Å². The second-order valence-corrected chi connectivity index (χ2v) is 6.04. The Morgan fingerprint density at radius 1 is 1.40 bits per heavy atom. The number of hydrogen-bond acceptors (Lipinski definition) is 4. The molecule has 1 N–H and O–H groups in total. The second-order valence-electron chi connectivity index (χ2n) is 6.04. The van der Waals surface area contributed by atoms with Crippen LogP contribution in [-0.4, -0.2) is 40.2 Å². The topological polar surface area (TPSA) is 63.3 Å². The highest BCUT2D eigenvalue weighted by atomic mass is 16.3. The number of nitrogens with zero attached hydrogens (tertiary/aromatic N) is 3. The average Bonchev–Trinajstić information content (AvgIpc) is 3.19. The van der Waals surface area contributed by atoms with Crippen LogP contribution in [0.15, 0.2) is 28.9 Å². The lowest BCUT2D eigenvalue weighted by Gasteiger charge is -2.28. The Hall–Kier alpha value is -2.34. The van der Waals surface area contributed by atoms with Crippen LogP contribution in [0.2, 0.25) is 0 Å². The van der Waals surface area contributed by atoms with Crippen molar-refractivity contribution in [2.24, 2.45) is 7.05 Å². The van der Waals surface area contributed by atoms with Gasteiger partial charge in [-0.2, -0.15) is 5.10 Å². The van der Waals surface area contributed by atoms with Gasteiger partial charge >= 0.3 is 0 Å². The van der Waals surface area contributed by atoms with Gasteiger partial charge in [0.25, 0.3) is 0 Å². The number of amides is 1. The molecule has 0 bridgehead atoms. The molecule has 0 saturated heterocycles. The number of aromatic nitrogens is 2. The Bertz CT molecular complexity index is 712. The fraction of sp³-hybridized carbons (Fsp3) is 0.474. The van der Waals surface area contributed by atoms with E-state index in [2.05, 4.69) is 29.2 Å². The maximum Gasteiger partial charge on any atom is 0.244 e. The summed E-state index contributed by atoms with van der Waals surface area (Å²) in [5.74, 6) is 0.748. The van der Waals surface area contributed by atoms with Crippen molar-refractivity contribution in [3.05, 3.63) is 47.2 Å². The minimum atomic E-state index is -0.119. The SMILES string of the molecule is CCN(CC)[C@H](CNC(=O)/C=C\c1c(C)nn(C)c1C)c1ccco1. The van der Waals surface area contributed by atoms with E-state index in [0.29, 0.717) is 6.54 Å². The third-order valence-corrected chi connectivity index (χ3v) is 4.56. The molecule has 0 unspecified atom stereocenters. The summed E-state index contributed by atoms with van der Waals surface area (Å²) >= 11 is 0. The number of aryl methyl sites for hydroxylation is 2. The minimum absolute atomic E-state index is 0.0317. The summed E-state index contributed by atoms with van der Waals surface area (Å²) in [5, 5.41) is 7.34. The molecule has 0 fully saturated rings. The number of furan rings is 1. The van der Waals surface area contributed by atoms with Crippen molar-refractivity contribution >= 4 is 12.0 Å². The predicted octanol–water partition coefficient (Wildman–Crippen LogP) is 2.84. The zero-order valence-electron chi connectivity index (χ0n) is 15.7. The normalized spacial score (nSPS) is 12.9. The third kappa shape index (κ3) is 4.60. The first-order valence-corrected chi connectivity index (χ1v) is 8.71. The van der Waals surface area contributed by atoms with E-state index in [-0.39, 0.29) is 11.9 Å². The number of rotatable bonds is 8. The van der Waals surface area contributed by atoms with Gasteiger partial charge in [0.2, 0.25) is 5.91 Å². The zero-order valence-corrected chi connectivity index (χ0v) is 15.7. The highest BCUT2D eigenvalue weighted by Crippen LogP contribution is 2.20. The fourth-order valence-electron chi connectivity index (χ4n) is 3.00. The van der Waals surface area contributed by atoms with E-state index >= 15 is 0 Å². The lowest BCUT2D eigenvalue weighted by Crippen LogP contribution is -2.37. The zero-order chi connectivity index (χ0) is 18.4. The van der Waals surface area contributed by atoms with Gasteiger partial charge in [-0.3, -0.25) is 14.4 Å². The second kappa shape index (κ2) is 8.67. The van der Waals surface area contributed by atoms with Crippen molar-refractivity contribution in [2.75, 3.05) is 19.6 Å². The van der Waals surface area contributed by atoms with E-state index in [9.17, 15) is 4.79 Å². The summed E-state index contributed by atoms with van der Waals surface area (Å²) in [5.41, 5.74) is 2.95. The van der Waals surface area contributed by atoms with E-state index in [1.807, 2.05) is 43.8 Å². The molecule has 0 aliphatic heterocycles. The molecule has 0 radical (unpaired) electrons. The molecule has 0 aliphatic carbocycles. The Morgan fingerprint density at radius 2 is 2.12 bits per heavy atom. The van der Waals surface area contributed by atoms with Crippen molar-refractivity contribution < 1.29 is 9.21 Å². The average molecular weight is 344 g/mol. The summed E-state index contributed by atoms with van der Waals surface area (Å²) in [4.78, 5) is 14.5. The Morgan fingerprint density at radius 3 is 2.64 bits per heavy atom. The Balaban J connectivity index is 2.02. The first-order valence-electron chi connectivity index (χ1n) is 8.71. The molecule has 136 valence electrons. The van der Waals surface area contributed by atoms with Crippen molar-refractivity contribution in [1.29, 1.82) is 0 Å². The molecule has 0 aromatic carbocycles. The van der Waals surface area contributed by atoms with Crippen LogP contribution in [0, 0.1) is 13.8 Å². The molecule has 6 heteroatoms. The molecule has 0 aliphatic rings. The van der Waals surface area contributed by atoms with E-state index < -0.39 is 0 Å². The summed E-state index contributed by atoms with van der Waals surface area (Å²) in [6.07, 6.45) is 5.06. The van der Waals surface area contributed by atoms with E-state index in [0.717, 1.165) is 35.8 Å². The molecular formula is C19H28N4O2. The lowest BCUT2D eigenvalue weighted by molar-refractivity contribution is -0.116. The Kier molecular flexibility index (Phi) is 6.58. The van der Waals surface area contributed by atoms with Gasteiger partial charge in [-0.05, 0) is 45.1 Å². The third-order valence-electron chi connectivity index (χ3n) is 4.56. The quantitative estimate of drug-likeness (QED) is 0.748. The van der Waals surface area contributed by atoms with Crippen molar-refractivity contribution in [2.45, 2.75) is 33.7 Å². The number of carbonyl (C=O) groups excluding carboxylic acids is 1. The molecule has 25 heavy (non-hydrogen) atoms. The largest absolute Gasteiger partial charge is 0.468 e. The van der Waals surface area contributed by atoms with Gasteiger partial charge in [-0.25, -0.2) is 0 Å². The predicted molar refractivity (Wildman–Crippen MR) is 99.1 cm³/mol. The number of hydrogen-bond donors (Lipinski definition) is 1. The maximum atomic E-state index is 12.2. The van der Waals surface area contributed by atoms with Crippen LogP contribution in [0.3, 0.4) is 0 Å². The molecule has 2 heterocycles. The summed E-state index contributed by atoms with van der Waals surface area (Å²) in [7, 11) is 1.90. The van der Waals surface area contributed by atoms with Crippen LogP contribution in [0.1, 0.15) is 42.6 Å². The molecular weight excluding hydrogens is 316 g/mol. The van der Waals surface area contributed by atoms with Crippen LogP contribution < -0.4 is 5.32 Å². The van der Waals surface area contributed by atoms with Crippen LogP contribution >= 0.6 is 0 Å². The van der Waals surface area contributed by atoms with Gasteiger partial charge in [0.1, 0.15) is 5.76 Å². The number of nitrogens with one attached hydrogen (secondary N) is 1. The van der Waals surface area contributed by atoms with Crippen molar-refractivity contribution in [1.82, 2.24) is 20.0 Å². The molecule has 2 rings (SSSR count). The molecule has 0 saturated carbocycles. The fourth-order valence-corrected chi connectivity index (χ4v) is 3.00. The molecule has 6 nitrogen and oxygen atoms in total. The first kappa shape index (κ1) is 19.0. The van der Waals surface area contributed by atoms with E-state index in [1.54, 1.807) is 12.3 Å². The smallest absolute Gasteiger partial charge is 0.244 e. The van der Waals surface area contributed by atoms with Crippen molar-refractivity contribution in [3.8, 4) is 0 Å². The van der Waals surface area contributed by atoms with Crippen LogP contribution in [0.4, 0.5) is 0 Å². The summed E-state index contributed by atoms with van der Waals surface area (Å²) in [6.45, 7) is 10.4. The number of likely N-dealkylation sites (N-methyl/N-ethyl adjacent to an activating group) is 1. The van der Waals surface area contributed by atoms with Gasteiger partial charge < -0.3 is 9.73 Å². The summed E-state index contributed by atoms with van der Waals surface area (Å²) < 4.78 is 7.37. The van der Waals surface area contributed by atoms with E-state index in [4.69, 9.17) is 4.42 Å². The van der Waals surface area contributed by atoms with Gasteiger partial charge in [0.15, 0.2) is 0 Å². The molecule has 1 amide bonds. The van der Waals surface area contributed by atoms with Crippen molar-refractivity contribution in [3.63, 3.8) is 0 Å². The Labute approximate surface area is 149 Å². The van der Waals surface area contributed by atoms with Gasteiger partial charge in [0.05, 0.1) is 18.0 Å². The van der Waals surface area contributed by atoms with Crippen LogP contribution in [-0.2, 0) is 11.8 Å². The minimum Gasteiger partial charge on any atom is -0.468 e. The highest BCUT2D eigenvalue weighted by molar-refractivity contribution is 5.92. The lowest BCUT2D eigenvalue weighted by atomic mass is 10.1. The van der Waals surface area contributed by atoms with E-state index in [1.165, 1.54) is 0 Å². The monoisotopic (exact) mass is 344 g/mol. The molecule has 0 spiro atoms. The number of carbonyl (C=O) groups is 1. The summed E-state index contributed by atoms with van der Waals surface area (Å²) in [6, 6.07) is 3.86. The van der Waals surface area contributed by atoms with Crippen LogP contribution in [0.25, 0.3) is 6.08 Å². The molecule has 1 atom stereocenters. The first-order chi connectivity index (χ1) is 12.0. The van der Waals surface area contributed by atoms with Gasteiger partial charge in [0, 0.05) is 30.9 Å².